The number of nitriles is 1. The van der Waals surface area contributed by atoms with Crippen LogP contribution in [0.25, 0.3) is 0 Å². The zero-order valence-corrected chi connectivity index (χ0v) is 15.2. The number of benzene rings is 1. The van der Waals surface area contributed by atoms with Crippen molar-refractivity contribution in [2.45, 2.75) is 32.6 Å². The van der Waals surface area contributed by atoms with Crippen molar-refractivity contribution in [3.8, 4) is 6.07 Å². The summed E-state index contributed by atoms with van der Waals surface area (Å²) in [5.41, 5.74) is 7.64. The normalized spacial score (nSPS) is 23.2. The van der Waals surface area contributed by atoms with Crippen LogP contribution in [0.15, 0.2) is 47.1 Å². The number of halogens is 1. The maximum Gasteiger partial charge on any atom is 0.205 e. The molecule has 23 heavy (non-hydrogen) atoms. The third-order valence-corrected chi connectivity index (χ3v) is 4.93. The van der Waals surface area contributed by atoms with E-state index in [1.807, 2.05) is 38.1 Å². The number of hydrogen-bond acceptors (Lipinski definition) is 4. The fourth-order valence-electron chi connectivity index (χ4n) is 3.30. The van der Waals surface area contributed by atoms with E-state index in [1.54, 1.807) is 0 Å². The van der Waals surface area contributed by atoms with Gasteiger partial charge in [0.2, 0.25) is 5.88 Å². The van der Waals surface area contributed by atoms with Crippen LogP contribution in [0.5, 0.6) is 0 Å². The summed E-state index contributed by atoms with van der Waals surface area (Å²) in [5.74, 6) is 0.342. The number of hydrogen-bond donors (Lipinski definition) is 1. The van der Waals surface area contributed by atoms with E-state index in [-0.39, 0.29) is 17.1 Å². The molecule has 0 spiro atoms. The molecule has 1 aromatic rings. The Balaban J connectivity index is 2.19. The Kier molecular flexibility index (Phi) is 3.96. The van der Waals surface area contributed by atoms with Crippen LogP contribution in [0.1, 0.15) is 38.2 Å². The summed E-state index contributed by atoms with van der Waals surface area (Å²) in [6.45, 7) is 4.08. The molecule has 2 N–H and O–H groups in total. The Morgan fingerprint density at radius 3 is 2.78 bits per heavy atom. The van der Waals surface area contributed by atoms with E-state index in [0.717, 1.165) is 9.13 Å². The van der Waals surface area contributed by atoms with Crippen molar-refractivity contribution in [2.75, 3.05) is 0 Å². The largest absolute Gasteiger partial charge is 0.444 e. The van der Waals surface area contributed by atoms with E-state index in [2.05, 4.69) is 28.7 Å². The molecule has 0 fully saturated rings. The third-order valence-electron chi connectivity index (χ3n) is 4.26. The molecule has 5 heteroatoms. The molecule has 0 saturated heterocycles. The van der Waals surface area contributed by atoms with Crippen molar-refractivity contribution in [3.05, 3.63) is 56.2 Å². The molecule has 4 nitrogen and oxygen atoms in total. The third kappa shape index (κ3) is 2.88. The molecule has 118 valence electrons. The molecular formula is C18H17IN2O2. The minimum absolute atomic E-state index is 0.0420. The molecule has 0 saturated carbocycles. The van der Waals surface area contributed by atoms with Crippen molar-refractivity contribution in [3.63, 3.8) is 0 Å². The molecule has 0 aromatic heterocycles. The zero-order chi connectivity index (χ0) is 16.8. The second-order valence-electron chi connectivity index (χ2n) is 6.76. The van der Waals surface area contributed by atoms with Crippen LogP contribution in [0, 0.1) is 20.3 Å². The van der Waals surface area contributed by atoms with Gasteiger partial charge in [-0.2, -0.15) is 5.26 Å². The fraction of sp³-hybridized carbons (Fsp3) is 0.333. The highest BCUT2D eigenvalue weighted by Gasteiger charge is 2.42. The second kappa shape index (κ2) is 5.68. The average Bonchev–Trinajstić information content (AvgIpc) is 2.44. The monoisotopic (exact) mass is 420 g/mol. The van der Waals surface area contributed by atoms with Gasteiger partial charge in [-0.15, -0.1) is 0 Å². The van der Waals surface area contributed by atoms with Gasteiger partial charge in [-0.3, -0.25) is 4.79 Å². The standard InChI is InChI=1S/C18H17IN2O2/c1-18(2)7-13(22)16-14(8-18)23-17(21)12(9-20)15(16)10-4-3-5-11(19)6-10/h3-6,15H,7-8,21H2,1-2H3/t15-/m0/s1. The Bertz CT molecular complexity index is 799. The molecule has 1 heterocycles. The van der Waals surface area contributed by atoms with E-state index in [9.17, 15) is 10.1 Å². The van der Waals surface area contributed by atoms with Gasteiger partial charge < -0.3 is 10.5 Å². The molecule has 0 bridgehead atoms. The van der Waals surface area contributed by atoms with Gasteiger partial charge in [0.15, 0.2) is 5.78 Å². The molecule has 0 radical (unpaired) electrons. The molecule has 3 rings (SSSR count). The fourth-order valence-corrected chi connectivity index (χ4v) is 3.87. The van der Waals surface area contributed by atoms with Crippen LogP contribution in [0.4, 0.5) is 0 Å². The number of Topliss-reactive ketones (excluding diaryl/α,β-unsaturated/α-hetero) is 1. The molecule has 1 aliphatic carbocycles. The van der Waals surface area contributed by atoms with Gasteiger partial charge in [0.25, 0.3) is 0 Å². The first-order chi connectivity index (χ1) is 10.8. The number of rotatable bonds is 1. The lowest BCUT2D eigenvalue weighted by molar-refractivity contribution is -0.119. The first-order valence-corrected chi connectivity index (χ1v) is 8.49. The molecule has 0 amide bonds. The Labute approximate surface area is 149 Å². The predicted molar refractivity (Wildman–Crippen MR) is 94.9 cm³/mol. The van der Waals surface area contributed by atoms with Crippen molar-refractivity contribution >= 4 is 28.4 Å². The smallest absolute Gasteiger partial charge is 0.205 e. The summed E-state index contributed by atoms with van der Waals surface area (Å²) in [6, 6.07) is 9.95. The molecule has 1 aliphatic heterocycles. The van der Waals surface area contributed by atoms with Crippen molar-refractivity contribution in [2.24, 2.45) is 11.1 Å². The molecule has 2 aliphatic rings. The molecule has 1 aromatic carbocycles. The summed E-state index contributed by atoms with van der Waals surface area (Å²) in [6.07, 6.45) is 1.10. The van der Waals surface area contributed by atoms with E-state index in [4.69, 9.17) is 10.5 Å². The highest BCUT2D eigenvalue weighted by atomic mass is 127. The minimum Gasteiger partial charge on any atom is -0.444 e. The van der Waals surface area contributed by atoms with Gasteiger partial charge in [-0.1, -0.05) is 26.0 Å². The number of nitrogens with zero attached hydrogens (tertiary/aromatic N) is 1. The van der Waals surface area contributed by atoms with Gasteiger partial charge in [0.1, 0.15) is 17.4 Å². The first-order valence-electron chi connectivity index (χ1n) is 7.42. The van der Waals surface area contributed by atoms with Crippen molar-refractivity contribution in [1.82, 2.24) is 0 Å². The van der Waals surface area contributed by atoms with Crippen LogP contribution in [-0.2, 0) is 9.53 Å². The van der Waals surface area contributed by atoms with Crippen LogP contribution >= 0.6 is 22.6 Å². The van der Waals surface area contributed by atoms with Crippen LogP contribution in [-0.4, -0.2) is 5.78 Å². The van der Waals surface area contributed by atoms with Gasteiger partial charge >= 0.3 is 0 Å². The summed E-state index contributed by atoms with van der Waals surface area (Å²) in [4.78, 5) is 12.8. The lowest BCUT2D eigenvalue weighted by Gasteiger charge is -2.37. The SMILES string of the molecule is CC1(C)CC(=O)C2=C(C1)OC(N)=C(C#N)[C@@H]2c1cccc(I)c1. The van der Waals surface area contributed by atoms with E-state index >= 15 is 0 Å². The number of carbonyl (C=O) groups excluding carboxylic acids is 1. The van der Waals surface area contributed by atoms with Crippen LogP contribution < -0.4 is 5.73 Å². The summed E-state index contributed by atoms with van der Waals surface area (Å²) in [7, 11) is 0. The van der Waals surface area contributed by atoms with E-state index < -0.39 is 5.92 Å². The number of nitrogens with two attached hydrogens (primary N) is 1. The number of allylic oxidation sites excluding steroid dienone is 3. The highest BCUT2D eigenvalue weighted by molar-refractivity contribution is 14.1. The number of ether oxygens (including phenoxy) is 1. The van der Waals surface area contributed by atoms with Crippen LogP contribution in [0.3, 0.4) is 0 Å². The van der Waals surface area contributed by atoms with Gasteiger partial charge in [-0.05, 0) is 45.7 Å². The number of ketones is 1. The minimum atomic E-state index is -0.429. The van der Waals surface area contributed by atoms with Crippen LogP contribution in [0.2, 0.25) is 0 Å². The average molecular weight is 420 g/mol. The van der Waals surface area contributed by atoms with Gasteiger partial charge in [0.05, 0.1) is 5.92 Å². The Morgan fingerprint density at radius 1 is 1.39 bits per heavy atom. The summed E-state index contributed by atoms with van der Waals surface area (Å²) in [5, 5.41) is 9.54. The molecule has 0 unspecified atom stereocenters. The predicted octanol–water partition coefficient (Wildman–Crippen LogP) is 3.74. The van der Waals surface area contributed by atoms with Crippen molar-refractivity contribution in [1.29, 1.82) is 5.26 Å². The Morgan fingerprint density at radius 2 is 2.13 bits per heavy atom. The second-order valence-corrected chi connectivity index (χ2v) is 8.00. The maximum atomic E-state index is 12.8. The van der Waals surface area contributed by atoms with Crippen molar-refractivity contribution < 1.29 is 9.53 Å². The summed E-state index contributed by atoms with van der Waals surface area (Å²) >= 11 is 2.22. The number of carbonyl (C=O) groups is 1. The zero-order valence-electron chi connectivity index (χ0n) is 13.0. The van der Waals surface area contributed by atoms with E-state index in [1.165, 1.54) is 0 Å². The topological polar surface area (TPSA) is 76.1 Å². The summed E-state index contributed by atoms with van der Waals surface area (Å²) < 4.78 is 6.72. The molecular weight excluding hydrogens is 403 g/mol. The quantitative estimate of drug-likeness (QED) is 0.703. The Hall–Kier alpha value is -1.81. The lowest BCUT2D eigenvalue weighted by atomic mass is 9.70. The van der Waals surface area contributed by atoms with Gasteiger partial charge in [0, 0.05) is 22.0 Å². The lowest BCUT2D eigenvalue weighted by Crippen LogP contribution is -2.33. The molecule has 1 atom stereocenters. The first kappa shape index (κ1) is 16.1. The van der Waals surface area contributed by atoms with Gasteiger partial charge in [-0.25, -0.2) is 0 Å². The maximum absolute atomic E-state index is 12.8. The van der Waals surface area contributed by atoms with E-state index in [0.29, 0.717) is 29.7 Å². The highest BCUT2D eigenvalue weighted by Crippen LogP contribution is 2.47.